The Morgan fingerprint density at radius 3 is 2.38 bits per heavy atom. The molecule has 0 N–H and O–H groups in total. The highest BCUT2D eigenvalue weighted by Gasteiger charge is 2.06. The quantitative estimate of drug-likeness (QED) is 0.664. The van der Waals surface area contributed by atoms with Gasteiger partial charge in [0.1, 0.15) is 6.54 Å². The predicted octanol–water partition coefficient (Wildman–Crippen LogP) is 1.67. The summed E-state index contributed by atoms with van der Waals surface area (Å²) >= 11 is 0. The Morgan fingerprint density at radius 2 is 1.92 bits per heavy atom. The van der Waals surface area contributed by atoms with Crippen LogP contribution in [-0.2, 0) is 16.1 Å². The fourth-order valence-electron chi connectivity index (χ4n) is 1.28. The molecule has 0 fully saturated rings. The minimum Gasteiger partial charge on any atom is -0.465 e. The zero-order valence-corrected chi connectivity index (χ0v) is 8.33. The first-order valence-corrected chi connectivity index (χ1v) is 4.43. The third kappa shape index (κ3) is 2.34. The molecule has 72 valence electrons. The molecule has 0 unspecified atom stereocenters. The van der Waals surface area contributed by atoms with Crippen LogP contribution in [0.3, 0.4) is 0 Å². The Morgan fingerprint density at radius 1 is 1.38 bits per heavy atom. The Bertz CT molecular complexity index is 282. The van der Waals surface area contributed by atoms with Crippen LogP contribution >= 0.6 is 0 Å². The van der Waals surface area contributed by atoms with Gasteiger partial charge in [0.25, 0.3) is 0 Å². The number of aryl methyl sites for hydroxylation is 2. The maximum Gasteiger partial charge on any atom is 0.325 e. The second-order valence-corrected chi connectivity index (χ2v) is 3.01. The van der Waals surface area contributed by atoms with E-state index in [-0.39, 0.29) is 5.97 Å². The van der Waals surface area contributed by atoms with E-state index < -0.39 is 0 Å². The number of rotatable bonds is 3. The van der Waals surface area contributed by atoms with Crippen molar-refractivity contribution in [1.82, 2.24) is 4.57 Å². The van der Waals surface area contributed by atoms with E-state index in [0.717, 1.165) is 11.4 Å². The maximum atomic E-state index is 11.2. The predicted molar refractivity (Wildman–Crippen MR) is 50.5 cm³/mol. The van der Waals surface area contributed by atoms with Crippen molar-refractivity contribution in [3.63, 3.8) is 0 Å². The molecule has 0 spiro atoms. The van der Waals surface area contributed by atoms with E-state index in [2.05, 4.69) is 0 Å². The van der Waals surface area contributed by atoms with Gasteiger partial charge in [0, 0.05) is 11.4 Å². The summed E-state index contributed by atoms with van der Waals surface area (Å²) in [5, 5.41) is 0. The molecule has 0 amide bonds. The minimum absolute atomic E-state index is 0.176. The second-order valence-electron chi connectivity index (χ2n) is 3.01. The second kappa shape index (κ2) is 4.12. The standard InChI is InChI=1S/C10H15NO2/c1-4-13-10(12)7-11-8(2)5-6-9(11)3/h5-6H,4,7H2,1-3H3. The Hall–Kier alpha value is -1.25. The first-order chi connectivity index (χ1) is 6.15. The number of esters is 1. The molecule has 3 nitrogen and oxygen atoms in total. The summed E-state index contributed by atoms with van der Waals surface area (Å²) in [5.74, 6) is -0.176. The van der Waals surface area contributed by atoms with Crippen molar-refractivity contribution in [3.05, 3.63) is 23.5 Å². The molecule has 1 heterocycles. The van der Waals surface area contributed by atoms with E-state index in [9.17, 15) is 4.79 Å². The lowest BCUT2D eigenvalue weighted by atomic mass is 10.5. The number of carbonyl (C=O) groups is 1. The van der Waals surface area contributed by atoms with Gasteiger partial charge in [0.2, 0.25) is 0 Å². The van der Waals surface area contributed by atoms with Gasteiger partial charge in [-0.05, 0) is 32.9 Å². The molecule has 0 atom stereocenters. The van der Waals surface area contributed by atoms with Crippen LogP contribution in [-0.4, -0.2) is 17.1 Å². The molecular formula is C10H15NO2. The van der Waals surface area contributed by atoms with Crippen molar-refractivity contribution in [2.75, 3.05) is 6.61 Å². The monoisotopic (exact) mass is 181 g/mol. The molecular weight excluding hydrogens is 166 g/mol. The highest BCUT2D eigenvalue weighted by Crippen LogP contribution is 2.06. The largest absolute Gasteiger partial charge is 0.465 e. The van der Waals surface area contributed by atoms with Crippen LogP contribution in [0.1, 0.15) is 18.3 Å². The van der Waals surface area contributed by atoms with Crippen LogP contribution in [0.2, 0.25) is 0 Å². The molecule has 0 saturated heterocycles. The number of aromatic nitrogens is 1. The van der Waals surface area contributed by atoms with Gasteiger partial charge >= 0.3 is 5.97 Å². The van der Waals surface area contributed by atoms with Gasteiger partial charge in [0.15, 0.2) is 0 Å². The van der Waals surface area contributed by atoms with Crippen LogP contribution < -0.4 is 0 Å². The van der Waals surface area contributed by atoms with E-state index >= 15 is 0 Å². The highest BCUT2D eigenvalue weighted by atomic mass is 16.5. The lowest BCUT2D eigenvalue weighted by Crippen LogP contribution is -2.15. The Balaban J connectivity index is 2.68. The average molecular weight is 181 g/mol. The SMILES string of the molecule is CCOC(=O)Cn1c(C)ccc1C. The van der Waals surface area contributed by atoms with Crippen LogP contribution in [0.4, 0.5) is 0 Å². The lowest BCUT2D eigenvalue weighted by Gasteiger charge is -2.07. The highest BCUT2D eigenvalue weighted by molar-refractivity contribution is 5.69. The van der Waals surface area contributed by atoms with E-state index in [1.54, 1.807) is 0 Å². The lowest BCUT2D eigenvalue weighted by molar-refractivity contribution is -0.143. The molecule has 1 aromatic heterocycles. The third-order valence-corrected chi connectivity index (χ3v) is 2.01. The van der Waals surface area contributed by atoms with Gasteiger partial charge in [-0.3, -0.25) is 4.79 Å². The van der Waals surface area contributed by atoms with Gasteiger partial charge in [-0.2, -0.15) is 0 Å². The summed E-state index contributed by atoms with van der Waals surface area (Å²) in [6.07, 6.45) is 0. The Labute approximate surface area is 78.3 Å². The average Bonchev–Trinajstić information content (AvgIpc) is 2.36. The molecule has 0 aliphatic carbocycles. The molecule has 1 rings (SSSR count). The van der Waals surface area contributed by atoms with Crippen LogP contribution in [0.15, 0.2) is 12.1 Å². The number of ether oxygens (including phenoxy) is 1. The first kappa shape index (κ1) is 9.84. The molecule has 0 aliphatic rings. The summed E-state index contributed by atoms with van der Waals surface area (Å²) in [7, 11) is 0. The number of nitrogens with zero attached hydrogens (tertiary/aromatic N) is 1. The maximum absolute atomic E-state index is 11.2. The molecule has 0 saturated carbocycles. The van der Waals surface area contributed by atoms with Crippen LogP contribution in [0, 0.1) is 13.8 Å². The summed E-state index contributed by atoms with van der Waals surface area (Å²) in [6.45, 7) is 6.53. The fourth-order valence-corrected chi connectivity index (χ4v) is 1.28. The molecule has 0 aromatic carbocycles. The molecule has 13 heavy (non-hydrogen) atoms. The topological polar surface area (TPSA) is 31.2 Å². The van der Waals surface area contributed by atoms with Crippen LogP contribution in [0.25, 0.3) is 0 Å². The zero-order valence-electron chi connectivity index (χ0n) is 8.33. The van der Waals surface area contributed by atoms with E-state index in [1.807, 2.05) is 37.5 Å². The van der Waals surface area contributed by atoms with E-state index in [1.165, 1.54) is 0 Å². The summed E-state index contributed by atoms with van der Waals surface area (Å²) in [6, 6.07) is 3.99. The smallest absolute Gasteiger partial charge is 0.325 e. The van der Waals surface area contributed by atoms with Gasteiger partial charge in [-0.25, -0.2) is 0 Å². The van der Waals surface area contributed by atoms with Gasteiger partial charge in [0.05, 0.1) is 6.61 Å². The molecule has 0 radical (unpaired) electrons. The zero-order chi connectivity index (χ0) is 9.84. The van der Waals surface area contributed by atoms with E-state index in [4.69, 9.17) is 4.74 Å². The summed E-state index contributed by atoms with van der Waals surface area (Å²) in [4.78, 5) is 11.2. The van der Waals surface area contributed by atoms with E-state index in [0.29, 0.717) is 13.2 Å². The molecule has 0 aliphatic heterocycles. The van der Waals surface area contributed by atoms with Crippen molar-refractivity contribution in [2.24, 2.45) is 0 Å². The minimum atomic E-state index is -0.176. The molecule has 0 bridgehead atoms. The summed E-state index contributed by atoms with van der Waals surface area (Å²) in [5.41, 5.74) is 2.18. The molecule has 1 aromatic rings. The normalized spacial score (nSPS) is 10.1. The van der Waals surface area contributed by atoms with Crippen LogP contribution in [0.5, 0.6) is 0 Å². The number of hydrogen-bond acceptors (Lipinski definition) is 2. The molecule has 3 heteroatoms. The third-order valence-electron chi connectivity index (χ3n) is 2.01. The van der Waals surface area contributed by atoms with Crippen molar-refractivity contribution < 1.29 is 9.53 Å². The van der Waals surface area contributed by atoms with Gasteiger partial charge < -0.3 is 9.30 Å². The van der Waals surface area contributed by atoms with Crippen molar-refractivity contribution in [1.29, 1.82) is 0 Å². The summed E-state index contributed by atoms with van der Waals surface area (Å²) < 4.78 is 6.81. The Kier molecular flexibility index (Phi) is 3.12. The fraction of sp³-hybridized carbons (Fsp3) is 0.500. The van der Waals surface area contributed by atoms with Gasteiger partial charge in [-0.1, -0.05) is 0 Å². The van der Waals surface area contributed by atoms with Crippen molar-refractivity contribution in [3.8, 4) is 0 Å². The number of hydrogen-bond donors (Lipinski definition) is 0. The van der Waals surface area contributed by atoms with Gasteiger partial charge in [-0.15, -0.1) is 0 Å². The van der Waals surface area contributed by atoms with Crippen molar-refractivity contribution in [2.45, 2.75) is 27.3 Å². The van der Waals surface area contributed by atoms with Crippen molar-refractivity contribution >= 4 is 5.97 Å². The number of carbonyl (C=O) groups excluding carboxylic acids is 1. The first-order valence-electron chi connectivity index (χ1n) is 4.43.